The van der Waals surface area contributed by atoms with E-state index in [0.29, 0.717) is 12.2 Å². The molecule has 0 aliphatic rings. The van der Waals surface area contributed by atoms with E-state index in [1.807, 2.05) is 72.8 Å². The lowest BCUT2D eigenvalue weighted by atomic mass is 10.0. The van der Waals surface area contributed by atoms with E-state index in [0.717, 1.165) is 22.4 Å². The quantitative estimate of drug-likeness (QED) is 0.301. The first-order valence-electron chi connectivity index (χ1n) is 9.21. The highest BCUT2D eigenvalue weighted by Crippen LogP contribution is 2.26. The summed E-state index contributed by atoms with van der Waals surface area (Å²) in [5, 5.41) is 12.0. The van der Waals surface area contributed by atoms with Gasteiger partial charge in [0.25, 0.3) is 0 Å². The molecule has 0 heterocycles. The van der Waals surface area contributed by atoms with Gasteiger partial charge in [0.1, 0.15) is 12.4 Å². The monoisotopic (exact) mass is 361 g/mol. The number of nitriles is 1. The zero-order chi connectivity index (χ0) is 19.2. The molecule has 0 aliphatic carbocycles. The Hall–Kier alpha value is -3.83. The van der Waals surface area contributed by atoms with Crippen molar-refractivity contribution in [2.24, 2.45) is 0 Å². The molecule has 0 spiro atoms. The third kappa shape index (κ3) is 3.79. The van der Waals surface area contributed by atoms with Crippen molar-refractivity contribution in [3.8, 4) is 11.8 Å². The van der Waals surface area contributed by atoms with Crippen molar-refractivity contribution in [1.29, 1.82) is 5.26 Å². The molecule has 0 saturated carbocycles. The molecule has 0 radical (unpaired) electrons. The zero-order valence-corrected chi connectivity index (χ0v) is 15.4. The lowest BCUT2D eigenvalue weighted by molar-refractivity contribution is 0.307. The maximum atomic E-state index is 9.60. The van der Waals surface area contributed by atoms with Crippen molar-refractivity contribution in [3.63, 3.8) is 0 Å². The molecule has 0 amide bonds. The molecule has 4 aromatic carbocycles. The molecule has 4 aromatic rings. The van der Waals surface area contributed by atoms with Gasteiger partial charge in [0.15, 0.2) is 0 Å². The van der Waals surface area contributed by atoms with Crippen LogP contribution in [0.5, 0.6) is 5.75 Å². The molecule has 2 heteroatoms. The summed E-state index contributed by atoms with van der Waals surface area (Å²) >= 11 is 0. The SMILES string of the molecule is N#C/C(=C/c1ccccc1OCc1cccc2ccccc12)c1ccccc1. The van der Waals surface area contributed by atoms with E-state index >= 15 is 0 Å². The summed E-state index contributed by atoms with van der Waals surface area (Å²) in [5.74, 6) is 0.763. The van der Waals surface area contributed by atoms with Crippen LogP contribution in [0, 0.1) is 11.3 Å². The minimum atomic E-state index is 0.472. The molecular weight excluding hydrogens is 342 g/mol. The van der Waals surface area contributed by atoms with Gasteiger partial charge in [0.05, 0.1) is 11.6 Å². The van der Waals surface area contributed by atoms with Crippen molar-refractivity contribution >= 4 is 22.4 Å². The van der Waals surface area contributed by atoms with Crippen molar-refractivity contribution < 1.29 is 4.74 Å². The average Bonchev–Trinajstić information content (AvgIpc) is 2.77. The van der Waals surface area contributed by atoms with E-state index in [2.05, 4.69) is 36.4 Å². The van der Waals surface area contributed by atoms with E-state index in [1.165, 1.54) is 10.8 Å². The van der Waals surface area contributed by atoms with Crippen molar-refractivity contribution in [3.05, 3.63) is 114 Å². The number of nitrogens with zero attached hydrogens (tertiary/aromatic N) is 1. The minimum absolute atomic E-state index is 0.472. The van der Waals surface area contributed by atoms with Gasteiger partial charge in [0.2, 0.25) is 0 Å². The van der Waals surface area contributed by atoms with Crippen LogP contribution in [0.25, 0.3) is 22.4 Å². The highest BCUT2D eigenvalue weighted by Gasteiger charge is 2.07. The van der Waals surface area contributed by atoms with Crippen LogP contribution in [0.2, 0.25) is 0 Å². The Morgan fingerprint density at radius 3 is 2.36 bits per heavy atom. The average molecular weight is 361 g/mol. The largest absolute Gasteiger partial charge is 0.488 e. The lowest BCUT2D eigenvalue weighted by Crippen LogP contribution is -1.98. The van der Waals surface area contributed by atoms with Gasteiger partial charge in [-0.2, -0.15) is 5.26 Å². The molecule has 134 valence electrons. The zero-order valence-electron chi connectivity index (χ0n) is 15.4. The van der Waals surface area contributed by atoms with Crippen LogP contribution in [0.4, 0.5) is 0 Å². The topological polar surface area (TPSA) is 33.0 Å². The minimum Gasteiger partial charge on any atom is -0.488 e. The molecule has 4 rings (SSSR count). The van der Waals surface area contributed by atoms with Crippen molar-refractivity contribution in [2.45, 2.75) is 6.61 Å². The van der Waals surface area contributed by atoms with Crippen LogP contribution in [0.3, 0.4) is 0 Å². The molecule has 0 bridgehead atoms. The summed E-state index contributed by atoms with van der Waals surface area (Å²) < 4.78 is 6.16. The van der Waals surface area contributed by atoms with Gasteiger partial charge < -0.3 is 4.74 Å². The van der Waals surface area contributed by atoms with E-state index < -0.39 is 0 Å². The summed E-state index contributed by atoms with van der Waals surface area (Å²) in [7, 11) is 0. The maximum absolute atomic E-state index is 9.60. The van der Waals surface area contributed by atoms with E-state index in [4.69, 9.17) is 4.74 Å². The Morgan fingerprint density at radius 1 is 0.786 bits per heavy atom. The maximum Gasteiger partial charge on any atom is 0.127 e. The third-order valence-corrected chi connectivity index (χ3v) is 4.69. The number of fused-ring (bicyclic) bond motifs is 1. The van der Waals surface area contributed by atoms with Crippen LogP contribution < -0.4 is 4.74 Å². The van der Waals surface area contributed by atoms with Gasteiger partial charge in [0, 0.05) is 5.56 Å². The molecule has 0 N–H and O–H groups in total. The molecule has 0 aromatic heterocycles. The van der Waals surface area contributed by atoms with Gasteiger partial charge in [-0.25, -0.2) is 0 Å². The third-order valence-electron chi connectivity index (χ3n) is 4.69. The summed E-state index contributed by atoms with van der Waals surface area (Å²) in [6.45, 7) is 0.472. The first-order chi connectivity index (χ1) is 13.8. The Labute approximate surface area is 165 Å². The highest BCUT2D eigenvalue weighted by molar-refractivity contribution is 5.90. The fourth-order valence-corrected chi connectivity index (χ4v) is 3.26. The number of allylic oxidation sites excluding steroid dienone is 1. The molecular formula is C26H19NO. The summed E-state index contributed by atoms with van der Waals surface area (Å²) in [6, 6.07) is 34.4. The second-order valence-electron chi connectivity index (χ2n) is 6.50. The smallest absolute Gasteiger partial charge is 0.127 e. The van der Waals surface area contributed by atoms with E-state index in [-0.39, 0.29) is 0 Å². The van der Waals surface area contributed by atoms with Gasteiger partial charge >= 0.3 is 0 Å². The normalized spacial score (nSPS) is 11.2. The van der Waals surface area contributed by atoms with Crippen LogP contribution in [0.1, 0.15) is 16.7 Å². The van der Waals surface area contributed by atoms with E-state index in [1.54, 1.807) is 0 Å². The van der Waals surface area contributed by atoms with Gasteiger partial charge in [-0.3, -0.25) is 0 Å². The molecule has 0 fully saturated rings. The summed E-state index contributed by atoms with van der Waals surface area (Å²) in [6.07, 6.45) is 1.88. The molecule has 28 heavy (non-hydrogen) atoms. The predicted octanol–water partition coefficient (Wildman–Crippen LogP) is 6.48. The van der Waals surface area contributed by atoms with E-state index in [9.17, 15) is 5.26 Å². The van der Waals surface area contributed by atoms with Gasteiger partial charge in [-0.1, -0.05) is 91.0 Å². The second kappa shape index (κ2) is 8.24. The van der Waals surface area contributed by atoms with Gasteiger partial charge in [-0.15, -0.1) is 0 Å². The van der Waals surface area contributed by atoms with Gasteiger partial charge in [-0.05, 0) is 34.0 Å². The number of para-hydroxylation sites is 1. The standard InChI is InChI=1S/C26H19NO/c27-18-24(20-9-2-1-3-10-20)17-22-12-5-7-16-26(22)28-19-23-14-8-13-21-11-4-6-15-25(21)23/h1-17H,19H2/b24-17-. The number of ether oxygens (including phenoxy) is 1. The fraction of sp³-hybridized carbons (Fsp3) is 0.0385. The molecule has 0 atom stereocenters. The molecule has 0 unspecified atom stereocenters. The van der Waals surface area contributed by atoms with Crippen LogP contribution in [0.15, 0.2) is 97.1 Å². The summed E-state index contributed by atoms with van der Waals surface area (Å²) in [4.78, 5) is 0. The lowest BCUT2D eigenvalue weighted by Gasteiger charge is -2.12. The Kier molecular flexibility index (Phi) is 5.17. The number of rotatable bonds is 5. The fourth-order valence-electron chi connectivity index (χ4n) is 3.26. The van der Waals surface area contributed by atoms with Crippen LogP contribution in [-0.4, -0.2) is 0 Å². The Bertz CT molecular complexity index is 1160. The number of hydrogen-bond acceptors (Lipinski definition) is 2. The highest BCUT2D eigenvalue weighted by atomic mass is 16.5. The van der Waals surface area contributed by atoms with Crippen molar-refractivity contribution in [2.75, 3.05) is 0 Å². The Morgan fingerprint density at radius 2 is 1.50 bits per heavy atom. The molecule has 2 nitrogen and oxygen atoms in total. The first-order valence-corrected chi connectivity index (χ1v) is 9.21. The number of benzene rings is 4. The van der Waals surface area contributed by atoms with Crippen molar-refractivity contribution in [1.82, 2.24) is 0 Å². The Balaban J connectivity index is 1.63. The van der Waals surface area contributed by atoms with Crippen LogP contribution in [-0.2, 0) is 6.61 Å². The summed E-state index contributed by atoms with van der Waals surface area (Å²) in [5.41, 5.74) is 3.54. The number of hydrogen-bond donors (Lipinski definition) is 0. The predicted molar refractivity (Wildman–Crippen MR) is 115 cm³/mol. The molecule has 0 aliphatic heterocycles. The first kappa shape index (κ1) is 17.6. The second-order valence-corrected chi connectivity index (χ2v) is 6.50. The van der Waals surface area contributed by atoms with Crippen LogP contribution >= 0.6 is 0 Å². The molecule has 0 saturated heterocycles.